The van der Waals surface area contributed by atoms with Crippen LogP contribution in [-0.2, 0) is 16.1 Å². The predicted molar refractivity (Wildman–Crippen MR) is 117 cm³/mol. The van der Waals surface area contributed by atoms with Gasteiger partial charge in [-0.3, -0.25) is 4.79 Å². The summed E-state index contributed by atoms with van der Waals surface area (Å²) in [4.78, 5) is 30.6. The number of carbonyl (C=O) groups excluding carboxylic acids is 1. The standard InChI is InChI=1S/C24H27N3O4/c1-24(31,23(29)30)19-6-5-18-12-21(26-20(18)13-19)22(28)27-9-7-16(8-10-27)17-4-2-3-15(11-17)14-25/h2-6,11-12,16,31H,7-10,13-14,25H2,1H3,(H,29,30)/t24-/m1/s1. The van der Waals surface area contributed by atoms with E-state index >= 15 is 0 Å². The van der Waals surface area contributed by atoms with Gasteiger partial charge in [0, 0.05) is 26.1 Å². The van der Waals surface area contributed by atoms with Gasteiger partial charge in [0.1, 0.15) is 5.70 Å². The second-order valence-electron chi connectivity index (χ2n) is 8.47. The van der Waals surface area contributed by atoms with Gasteiger partial charge in [0.05, 0.1) is 5.71 Å². The van der Waals surface area contributed by atoms with E-state index in [-0.39, 0.29) is 12.3 Å². The number of fused-ring (bicyclic) bond motifs is 1. The molecule has 7 nitrogen and oxygen atoms in total. The number of carboxylic acid groups (broad SMARTS) is 1. The van der Waals surface area contributed by atoms with Crippen molar-refractivity contribution in [3.05, 3.63) is 70.5 Å². The minimum Gasteiger partial charge on any atom is -0.479 e. The average Bonchev–Trinajstić information content (AvgIpc) is 3.22. The van der Waals surface area contributed by atoms with Crippen LogP contribution in [0.2, 0.25) is 0 Å². The van der Waals surface area contributed by atoms with Crippen molar-refractivity contribution >= 4 is 17.6 Å². The summed E-state index contributed by atoms with van der Waals surface area (Å²) in [6.45, 7) is 3.10. The summed E-state index contributed by atoms with van der Waals surface area (Å²) in [7, 11) is 0. The number of aliphatic hydroxyl groups is 1. The van der Waals surface area contributed by atoms with Gasteiger partial charge in [-0.2, -0.15) is 0 Å². The largest absolute Gasteiger partial charge is 0.479 e. The van der Waals surface area contributed by atoms with Crippen LogP contribution in [0.1, 0.15) is 43.2 Å². The van der Waals surface area contributed by atoms with E-state index in [0.29, 0.717) is 42.5 Å². The first-order valence-electron chi connectivity index (χ1n) is 10.5. The number of aliphatic imine (C=N–C) groups is 1. The Morgan fingerprint density at radius 2 is 2.00 bits per heavy atom. The number of nitrogens with zero attached hydrogens (tertiary/aromatic N) is 2. The van der Waals surface area contributed by atoms with Crippen LogP contribution in [0.3, 0.4) is 0 Å². The van der Waals surface area contributed by atoms with E-state index in [1.54, 1.807) is 18.2 Å². The van der Waals surface area contributed by atoms with Crippen LogP contribution in [-0.4, -0.2) is 51.4 Å². The molecule has 31 heavy (non-hydrogen) atoms. The zero-order valence-corrected chi connectivity index (χ0v) is 17.5. The van der Waals surface area contributed by atoms with E-state index < -0.39 is 11.6 Å². The minimum atomic E-state index is -1.96. The zero-order chi connectivity index (χ0) is 22.2. The van der Waals surface area contributed by atoms with Gasteiger partial charge in [-0.05, 0) is 54.0 Å². The normalized spacial score (nSPS) is 20.8. The number of rotatable bonds is 5. The van der Waals surface area contributed by atoms with Gasteiger partial charge >= 0.3 is 5.97 Å². The molecule has 1 aliphatic carbocycles. The Morgan fingerprint density at radius 3 is 2.68 bits per heavy atom. The molecule has 1 fully saturated rings. The lowest BCUT2D eigenvalue weighted by Crippen LogP contribution is -2.38. The Hall–Kier alpha value is -3.03. The minimum absolute atomic E-state index is 0.108. The van der Waals surface area contributed by atoms with Crippen LogP contribution in [0.5, 0.6) is 0 Å². The number of hydrogen-bond donors (Lipinski definition) is 3. The van der Waals surface area contributed by atoms with Crippen molar-refractivity contribution in [3.63, 3.8) is 0 Å². The van der Waals surface area contributed by atoms with E-state index in [1.165, 1.54) is 12.5 Å². The Balaban J connectivity index is 1.40. The number of aliphatic carboxylic acids is 1. The van der Waals surface area contributed by atoms with E-state index in [0.717, 1.165) is 24.0 Å². The number of carbonyl (C=O) groups is 2. The molecule has 1 aromatic carbocycles. The molecular formula is C24H27N3O4. The summed E-state index contributed by atoms with van der Waals surface area (Å²) in [5.41, 5.74) is 8.33. The summed E-state index contributed by atoms with van der Waals surface area (Å²) in [5.74, 6) is -1.00. The summed E-state index contributed by atoms with van der Waals surface area (Å²) in [6, 6.07) is 8.34. The summed E-state index contributed by atoms with van der Waals surface area (Å²) in [5, 5.41) is 19.5. The van der Waals surface area contributed by atoms with Gasteiger partial charge in [0.15, 0.2) is 5.60 Å². The molecule has 162 valence electrons. The molecular weight excluding hydrogens is 394 g/mol. The number of carboxylic acids is 1. The first-order chi connectivity index (χ1) is 14.8. The molecule has 0 unspecified atom stereocenters. The number of nitrogens with two attached hydrogens (primary N) is 1. The van der Waals surface area contributed by atoms with Crippen molar-refractivity contribution < 1.29 is 19.8 Å². The maximum Gasteiger partial charge on any atom is 0.339 e. The maximum absolute atomic E-state index is 13.0. The topological polar surface area (TPSA) is 116 Å². The molecule has 4 N–H and O–H groups in total. The van der Waals surface area contributed by atoms with Crippen LogP contribution >= 0.6 is 0 Å². The smallest absolute Gasteiger partial charge is 0.339 e. The van der Waals surface area contributed by atoms with Crippen molar-refractivity contribution in [2.24, 2.45) is 10.7 Å². The molecule has 2 aliphatic heterocycles. The van der Waals surface area contributed by atoms with Gasteiger partial charge in [0.2, 0.25) is 0 Å². The van der Waals surface area contributed by atoms with Crippen molar-refractivity contribution in [3.8, 4) is 0 Å². The van der Waals surface area contributed by atoms with Crippen molar-refractivity contribution in [2.75, 3.05) is 13.1 Å². The quantitative estimate of drug-likeness (QED) is 0.674. The molecule has 1 aromatic rings. The molecule has 2 heterocycles. The van der Waals surface area contributed by atoms with Gasteiger partial charge in [-0.1, -0.05) is 36.4 Å². The molecule has 3 aliphatic rings. The highest BCUT2D eigenvalue weighted by atomic mass is 16.4. The van der Waals surface area contributed by atoms with E-state index in [4.69, 9.17) is 5.73 Å². The summed E-state index contributed by atoms with van der Waals surface area (Å²) in [6.07, 6.45) is 7.05. The third-order valence-corrected chi connectivity index (χ3v) is 6.40. The second kappa shape index (κ2) is 8.24. The van der Waals surface area contributed by atoms with Crippen LogP contribution in [0.15, 0.2) is 64.3 Å². The highest BCUT2D eigenvalue weighted by molar-refractivity contribution is 6.13. The molecule has 4 rings (SSSR count). The Bertz CT molecular complexity index is 1040. The molecule has 1 saturated heterocycles. The predicted octanol–water partition coefficient (Wildman–Crippen LogP) is 2.28. The lowest BCUT2D eigenvalue weighted by atomic mass is 9.86. The number of amides is 1. The Kier molecular flexibility index (Phi) is 5.64. The van der Waals surface area contributed by atoms with Crippen LogP contribution in [0.4, 0.5) is 0 Å². The van der Waals surface area contributed by atoms with Gasteiger partial charge in [-0.25, -0.2) is 9.79 Å². The first-order valence-corrected chi connectivity index (χ1v) is 10.5. The molecule has 0 aromatic heterocycles. The fraction of sp³-hybridized carbons (Fsp3) is 0.375. The SMILES string of the molecule is C[C@](O)(C(=O)O)C1=CC=C2C=C(C(=O)N3CCC(c4cccc(CN)c4)CC3)N=C2C1. The van der Waals surface area contributed by atoms with E-state index in [1.807, 2.05) is 17.0 Å². The van der Waals surface area contributed by atoms with Gasteiger partial charge in [-0.15, -0.1) is 0 Å². The summed E-state index contributed by atoms with van der Waals surface area (Å²) >= 11 is 0. The third-order valence-electron chi connectivity index (χ3n) is 6.40. The molecule has 1 amide bonds. The number of benzene rings is 1. The van der Waals surface area contributed by atoms with Crippen molar-refractivity contribution in [1.29, 1.82) is 0 Å². The lowest BCUT2D eigenvalue weighted by Gasteiger charge is -2.32. The van der Waals surface area contributed by atoms with Crippen molar-refractivity contribution in [1.82, 2.24) is 4.90 Å². The zero-order valence-electron chi connectivity index (χ0n) is 17.5. The van der Waals surface area contributed by atoms with Crippen molar-refractivity contribution in [2.45, 2.75) is 44.2 Å². The van der Waals surface area contributed by atoms with Crippen LogP contribution < -0.4 is 5.73 Å². The first kappa shape index (κ1) is 21.2. The highest BCUT2D eigenvalue weighted by Crippen LogP contribution is 2.33. The molecule has 0 radical (unpaired) electrons. The number of piperidine rings is 1. The van der Waals surface area contributed by atoms with E-state index in [9.17, 15) is 19.8 Å². The van der Waals surface area contributed by atoms with E-state index in [2.05, 4.69) is 17.1 Å². The van der Waals surface area contributed by atoms with Crippen LogP contribution in [0, 0.1) is 0 Å². The number of hydrogen-bond acceptors (Lipinski definition) is 5. The second-order valence-corrected chi connectivity index (χ2v) is 8.47. The molecule has 7 heteroatoms. The Labute approximate surface area is 181 Å². The Morgan fingerprint density at radius 1 is 1.26 bits per heavy atom. The molecule has 0 saturated carbocycles. The average molecular weight is 421 g/mol. The fourth-order valence-corrected chi connectivity index (χ4v) is 4.32. The van der Waals surface area contributed by atoms with Gasteiger partial charge < -0.3 is 20.8 Å². The number of likely N-dealkylation sites (tertiary alicyclic amines) is 1. The lowest BCUT2D eigenvalue weighted by molar-refractivity contribution is -0.152. The summed E-state index contributed by atoms with van der Waals surface area (Å²) < 4.78 is 0. The molecule has 0 bridgehead atoms. The van der Waals surface area contributed by atoms with Crippen LogP contribution in [0.25, 0.3) is 0 Å². The highest BCUT2D eigenvalue weighted by Gasteiger charge is 2.37. The maximum atomic E-state index is 13.0. The molecule has 1 atom stereocenters. The fourth-order valence-electron chi connectivity index (χ4n) is 4.32. The van der Waals surface area contributed by atoms with Gasteiger partial charge in [0.25, 0.3) is 5.91 Å². The number of allylic oxidation sites excluding steroid dienone is 4. The third kappa shape index (κ3) is 4.11. The monoisotopic (exact) mass is 421 g/mol. The molecule has 0 spiro atoms.